The van der Waals surface area contributed by atoms with E-state index in [0.717, 1.165) is 0 Å². The number of para-hydroxylation sites is 1. The number of carboxylic acid groups (broad SMARTS) is 1. The number of nitrogens with zero attached hydrogens (tertiary/aromatic N) is 1. The zero-order valence-electron chi connectivity index (χ0n) is 9.21. The summed E-state index contributed by atoms with van der Waals surface area (Å²) in [5.74, 6) is 0. The van der Waals surface area contributed by atoms with Gasteiger partial charge in [-0.25, -0.2) is 4.79 Å². The van der Waals surface area contributed by atoms with Gasteiger partial charge in [0.25, 0.3) is 0 Å². The molecule has 1 aromatic rings. The van der Waals surface area contributed by atoms with E-state index in [1.165, 1.54) is 14.2 Å². The van der Waals surface area contributed by atoms with Crippen LogP contribution in [0.15, 0.2) is 24.3 Å². The number of amides is 1. The van der Waals surface area contributed by atoms with Crippen molar-refractivity contribution < 1.29 is 19.4 Å². The second-order valence-electron chi connectivity index (χ2n) is 3.20. The van der Waals surface area contributed by atoms with Crippen LogP contribution in [0.3, 0.4) is 0 Å². The van der Waals surface area contributed by atoms with Gasteiger partial charge in [-0.2, -0.15) is 4.79 Å². The molecule has 7 heteroatoms. The zero-order valence-corrected chi connectivity index (χ0v) is 10.8. The Labute approximate surface area is 108 Å². The van der Waals surface area contributed by atoms with Gasteiger partial charge in [0, 0.05) is 6.07 Å². The lowest BCUT2D eigenvalue weighted by Gasteiger charge is -2.23. The molecular weight excluding hydrogens is 266 g/mol. The van der Waals surface area contributed by atoms with Gasteiger partial charge < -0.3 is 9.84 Å². The number of carbonyl (C=O) groups is 2. The summed E-state index contributed by atoms with van der Waals surface area (Å²) in [7, 11) is 2.54. The van der Waals surface area contributed by atoms with Crippen LogP contribution in [0, 0.1) is 0 Å². The SMILES string of the molecule is COC(=O)S[N+](C)(C(=O)O)c1ccccc1Cl. The number of hydrogen-bond acceptors (Lipinski definition) is 4. The van der Waals surface area contributed by atoms with E-state index in [-0.39, 0.29) is 5.02 Å². The van der Waals surface area contributed by atoms with E-state index in [1.807, 2.05) is 0 Å². The Morgan fingerprint density at radius 2 is 2.00 bits per heavy atom. The van der Waals surface area contributed by atoms with Gasteiger partial charge in [0.1, 0.15) is 5.02 Å². The van der Waals surface area contributed by atoms with Crippen molar-refractivity contribution in [3.8, 4) is 0 Å². The number of methoxy groups -OCH3 is 1. The average molecular weight is 277 g/mol. The highest BCUT2D eigenvalue weighted by Gasteiger charge is 2.42. The molecule has 0 fully saturated rings. The van der Waals surface area contributed by atoms with Gasteiger partial charge in [0.2, 0.25) is 11.9 Å². The third-order valence-corrected chi connectivity index (χ3v) is 3.45. The Kier molecular flexibility index (Phi) is 4.39. The van der Waals surface area contributed by atoms with Crippen molar-refractivity contribution >= 4 is 40.6 Å². The molecule has 0 aliphatic rings. The maximum Gasteiger partial charge on any atom is 0.531 e. The van der Waals surface area contributed by atoms with Gasteiger partial charge >= 0.3 is 11.4 Å². The van der Waals surface area contributed by atoms with E-state index in [0.29, 0.717) is 17.6 Å². The minimum absolute atomic E-state index is 0.272. The van der Waals surface area contributed by atoms with Crippen molar-refractivity contribution in [2.24, 2.45) is 0 Å². The maximum atomic E-state index is 11.3. The van der Waals surface area contributed by atoms with Gasteiger partial charge in [-0.05, 0) is 6.07 Å². The van der Waals surface area contributed by atoms with Crippen LogP contribution in [-0.2, 0) is 4.74 Å². The zero-order chi connectivity index (χ0) is 13.1. The Bertz CT molecular complexity index is 454. The molecule has 0 saturated heterocycles. The first-order valence-electron chi connectivity index (χ1n) is 4.54. The summed E-state index contributed by atoms with van der Waals surface area (Å²) in [5, 5.41) is 8.81. The molecule has 0 aromatic heterocycles. The quantitative estimate of drug-likeness (QED) is 0.484. The fourth-order valence-electron chi connectivity index (χ4n) is 1.18. The summed E-state index contributed by atoms with van der Waals surface area (Å²) in [6.07, 6.45) is -1.21. The number of quaternary nitrogens is 1. The van der Waals surface area contributed by atoms with Gasteiger partial charge in [-0.15, -0.1) is 3.89 Å². The highest BCUT2D eigenvalue weighted by molar-refractivity contribution is 8.13. The van der Waals surface area contributed by atoms with Crippen molar-refractivity contribution in [1.82, 2.24) is 3.89 Å². The molecule has 1 N–H and O–H groups in total. The molecule has 17 heavy (non-hydrogen) atoms. The monoisotopic (exact) mass is 276 g/mol. The first kappa shape index (κ1) is 13.8. The molecule has 1 unspecified atom stereocenters. The van der Waals surface area contributed by atoms with Crippen LogP contribution in [0.25, 0.3) is 0 Å². The molecule has 0 spiro atoms. The lowest BCUT2D eigenvalue weighted by molar-refractivity contribution is 0.178. The minimum atomic E-state index is -1.21. The Morgan fingerprint density at radius 1 is 1.41 bits per heavy atom. The minimum Gasteiger partial charge on any atom is -0.457 e. The molecule has 1 atom stereocenters. The predicted octanol–water partition coefficient (Wildman–Crippen LogP) is 3.37. The summed E-state index contributed by atoms with van der Waals surface area (Å²) in [6.45, 7) is 0. The standard InChI is InChI=1S/C10H10ClNO4S/c1-12(9(13)14,17-10(15)16-2)8-6-4-3-5-7(8)11/h3-6H,1-2H3/p+1. The molecule has 0 bridgehead atoms. The van der Waals surface area contributed by atoms with E-state index < -0.39 is 15.3 Å². The molecule has 0 aliphatic heterocycles. The van der Waals surface area contributed by atoms with Crippen molar-refractivity contribution in [2.75, 3.05) is 14.2 Å². The van der Waals surface area contributed by atoms with Crippen LogP contribution < -0.4 is 3.89 Å². The maximum absolute atomic E-state index is 11.3. The number of carbonyl (C=O) groups excluding carboxylic acids is 1. The molecule has 1 aromatic carbocycles. The molecule has 5 nitrogen and oxygen atoms in total. The van der Waals surface area contributed by atoms with Crippen LogP contribution in [0.5, 0.6) is 0 Å². The summed E-state index contributed by atoms with van der Waals surface area (Å²) in [4.78, 5) is 22.5. The van der Waals surface area contributed by atoms with E-state index in [2.05, 4.69) is 4.74 Å². The second-order valence-corrected chi connectivity index (χ2v) is 4.86. The van der Waals surface area contributed by atoms with E-state index in [4.69, 9.17) is 11.6 Å². The van der Waals surface area contributed by atoms with E-state index in [1.54, 1.807) is 24.3 Å². The number of rotatable bonds is 1. The first-order valence-corrected chi connectivity index (χ1v) is 5.69. The van der Waals surface area contributed by atoms with Crippen LogP contribution in [0.4, 0.5) is 15.3 Å². The average Bonchev–Trinajstić information content (AvgIpc) is 2.28. The fourth-order valence-corrected chi connectivity index (χ4v) is 2.24. The number of hydrogen-bond donors (Lipinski definition) is 1. The third-order valence-electron chi connectivity index (χ3n) is 2.10. The highest BCUT2D eigenvalue weighted by atomic mass is 35.5. The van der Waals surface area contributed by atoms with E-state index >= 15 is 0 Å². The van der Waals surface area contributed by atoms with Crippen molar-refractivity contribution in [1.29, 1.82) is 0 Å². The van der Waals surface area contributed by atoms with E-state index in [9.17, 15) is 14.7 Å². The highest BCUT2D eigenvalue weighted by Crippen LogP contribution is 2.37. The second kappa shape index (κ2) is 5.39. The molecule has 92 valence electrons. The van der Waals surface area contributed by atoms with Gasteiger partial charge in [0.05, 0.1) is 14.2 Å². The van der Waals surface area contributed by atoms with Crippen LogP contribution in [-0.4, -0.2) is 30.7 Å². The fraction of sp³-hybridized carbons (Fsp3) is 0.200. The van der Waals surface area contributed by atoms with Gasteiger partial charge in [-0.3, -0.25) is 0 Å². The smallest absolute Gasteiger partial charge is 0.457 e. The van der Waals surface area contributed by atoms with Crippen LogP contribution in [0.1, 0.15) is 0 Å². The number of benzene rings is 1. The van der Waals surface area contributed by atoms with Gasteiger partial charge in [0.15, 0.2) is 5.69 Å². The molecule has 0 saturated carbocycles. The summed E-state index contributed by atoms with van der Waals surface area (Å²) < 4.78 is 3.73. The lowest BCUT2D eigenvalue weighted by atomic mass is 10.3. The normalized spacial score (nSPS) is 13.8. The third kappa shape index (κ3) is 2.91. The van der Waals surface area contributed by atoms with Crippen molar-refractivity contribution in [3.63, 3.8) is 0 Å². The summed E-state index contributed by atoms with van der Waals surface area (Å²) >= 11 is 6.45. The van der Waals surface area contributed by atoms with Crippen LogP contribution >= 0.6 is 23.5 Å². The Morgan fingerprint density at radius 3 is 2.47 bits per heavy atom. The summed E-state index contributed by atoms with van der Waals surface area (Å²) in [6, 6.07) is 6.44. The Balaban J connectivity index is 3.21. The first-order chi connectivity index (χ1) is 7.91. The van der Waals surface area contributed by atoms with Crippen LogP contribution in [0.2, 0.25) is 5.02 Å². The molecular formula is C10H11ClNO4S+. The largest absolute Gasteiger partial charge is 0.531 e. The van der Waals surface area contributed by atoms with Crippen molar-refractivity contribution in [3.05, 3.63) is 29.3 Å². The molecule has 0 heterocycles. The Hall–Kier alpha value is -1.24. The topological polar surface area (TPSA) is 63.6 Å². The van der Waals surface area contributed by atoms with Crippen molar-refractivity contribution in [2.45, 2.75) is 0 Å². The summed E-state index contributed by atoms with van der Waals surface area (Å²) in [5.41, 5.74) is 0.303. The molecule has 1 rings (SSSR count). The number of ether oxygens (including phenoxy) is 1. The number of halogens is 1. The lowest BCUT2D eigenvalue weighted by Crippen LogP contribution is -2.44. The molecule has 0 aliphatic carbocycles. The molecule has 1 amide bonds. The van der Waals surface area contributed by atoms with Gasteiger partial charge in [-0.1, -0.05) is 23.7 Å². The predicted molar refractivity (Wildman–Crippen MR) is 67.2 cm³/mol. The molecule has 0 radical (unpaired) electrons.